The van der Waals surface area contributed by atoms with E-state index >= 15 is 0 Å². The van der Waals surface area contributed by atoms with E-state index in [1.165, 1.54) is 12.1 Å². The van der Waals surface area contributed by atoms with Crippen molar-refractivity contribution >= 4 is 5.69 Å². The molecule has 2 aromatic rings. The average molecular weight is 278 g/mol. The third-order valence-electron chi connectivity index (χ3n) is 3.20. The van der Waals surface area contributed by atoms with Gasteiger partial charge in [-0.05, 0) is 18.2 Å². The quantitative estimate of drug-likeness (QED) is 0.908. The number of halogens is 1. The fourth-order valence-electron chi connectivity index (χ4n) is 2.21. The molecule has 0 saturated carbocycles. The van der Waals surface area contributed by atoms with Crippen LogP contribution in [0.25, 0.3) is 11.4 Å². The molecular formula is C13H15FN4O2. The van der Waals surface area contributed by atoms with Gasteiger partial charge < -0.3 is 19.9 Å². The summed E-state index contributed by atoms with van der Waals surface area (Å²) in [5, 5.41) is 3.90. The Kier molecular flexibility index (Phi) is 3.62. The van der Waals surface area contributed by atoms with Gasteiger partial charge in [0.15, 0.2) is 0 Å². The second-order valence-electron chi connectivity index (χ2n) is 4.48. The van der Waals surface area contributed by atoms with Gasteiger partial charge in [0.1, 0.15) is 5.82 Å². The van der Waals surface area contributed by atoms with Gasteiger partial charge in [-0.3, -0.25) is 0 Å². The molecule has 0 aliphatic carbocycles. The lowest BCUT2D eigenvalue weighted by molar-refractivity contribution is 0.122. The van der Waals surface area contributed by atoms with Crippen molar-refractivity contribution in [2.45, 2.75) is 6.54 Å². The lowest BCUT2D eigenvalue weighted by atomic mass is 10.1. The minimum absolute atomic E-state index is 0.182. The summed E-state index contributed by atoms with van der Waals surface area (Å²) in [6.45, 7) is 2.84. The lowest BCUT2D eigenvalue weighted by Gasteiger charge is -2.30. The van der Waals surface area contributed by atoms with Crippen LogP contribution in [-0.2, 0) is 11.3 Å². The van der Waals surface area contributed by atoms with Crippen LogP contribution < -0.4 is 10.6 Å². The molecule has 0 unspecified atom stereocenters. The minimum Gasteiger partial charge on any atom is -0.378 e. The molecule has 0 amide bonds. The predicted octanol–water partition coefficient (Wildman–Crippen LogP) is 1.17. The van der Waals surface area contributed by atoms with Gasteiger partial charge in [0.05, 0.1) is 25.4 Å². The zero-order chi connectivity index (χ0) is 13.9. The molecule has 7 heteroatoms. The largest absolute Gasteiger partial charge is 0.378 e. The zero-order valence-corrected chi connectivity index (χ0v) is 10.9. The highest BCUT2D eigenvalue weighted by Gasteiger charge is 2.19. The highest BCUT2D eigenvalue weighted by molar-refractivity contribution is 5.74. The molecule has 1 saturated heterocycles. The number of benzene rings is 1. The first-order valence-corrected chi connectivity index (χ1v) is 6.43. The molecule has 106 valence electrons. The minimum atomic E-state index is -0.294. The summed E-state index contributed by atoms with van der Waals surface area (Å²) < 4.78 is 23.9. The number of hydrogen-bond acceptors (Lipinski definition) is 6. The predicted molar refractivity (Wildman–Crippen MR) is 70.6 cm³/mol. The summed E-state index contributed by atoms with van der Waals surface area (Å²) in [5.41, 5.74) is 6.94. The Morgan fingerprint density at radius 3 is 2.80 bits per heavy atom. The van der Waals surface area contributed by atoms with Gasteiger partial charge in [0.25, 0.3) is 0 Å². The number of nitrogens with zero attached hydrogens (tertiary/aromatic N) is 3. The second kappa shape index (κ2) is 5.56. The number of nitrogens with two attached hydrogens (primary N) is 1. The van der Waals surface area contributed by atoms with Gasteiger partial charge >= 0.3 is 0 Å². The van der Waals surface area contributed by atoms with E-state index < -0.39 is 0 Å². The molecule has 0 spiro atoms. The van der Waals surface area contributed by atoms with Crippen LogP contribution in [0.3, 0.4) is 0 Å². The summed E-state index contributed by atoms with van der Waals surface area (Å²) in [5.74, 6) is 0.488. The zero-order valence-electron chi connectivity index (χ0n) is 10.9. The van der Waals surface area contributed by atoms with Crippen LogP contribution in [-0.4, -0.2) is 36.4 Å². The molecule has 20 heavy (non-hydrogen) atoms. The number of morpholine rings is 1. The Balaban J connectivity index is 2.00. The molecule has 2 N–H and O–H groups in total. The first kappa shape index (κ1) is 13.0. The molecule has 0 atom stereocenters. The molecule has 1 aromatic heterocycles. The van der Waals surface area contributed by atoms with Crippen molar-refractivity contribution in [2.24, 2.45) is 5.73 Å². The number of anilines is 1. The standard InChI is InChI=1S/C13H15FN4O2/c14-9-1-2-10(13-16-12(8-15)20-17-13)11(7-9)18-3-5-19-6-4-18/h1-2,7H,3-6,8,15H2. The number of aromatic nitrogens is 2. The molecular weight excluding hydrogens is 263 g/mol. The first-order valence-electron chi connectivity index (χ1n) is 6.43. The van der Waals surface area contributed by atoms with Crippen LogP contribution in [0.15, 0.2) is 22.7 Å². The molecule has 0 bridgehead atoms. The maximum Gasteiger partial charge on any atom is 0.240 e. The number of hydrogen-bond donors (Lipinski definition) is 1. The third-order valence-corrected chi connectivity index (χ3v) is 3.20. The Morgan fingerprint density at radius 2 is 2.10 bits per heavy atom. The van der Waals surface area contributed by atoms with E-state index in [1.54, 1.807) is 6.07 Å². The Bertz CT molecular complexity index is 596. The van der Waals surface area contributed by atoms with Crippen molar-refractivity contribution in [3.63, 3.8) is 0 Å². The summed E-state index contributed by atoms with van der Waals surface area (Å²) in [4.78, 5) is 6.26. The van der Waals surface area contributed by atoms with E-state index in [2.05, 4.69) is 15.0 Å². The first-order chi connectivity index (χ1) is 9.78. The average Bonchev–Trinajstić information content (AvgIpc) is 2.97. The van der Waals surface area contributed by atoms with Crippen molar-refractivity contribution in [1.29, 1.82) is 0 Å². The summed E-state index contributed by atoms with van der Waals surface area (Å²) in [6.07, 6.45) is 0. The van der Waals surface area contributed by atoms with Crippen molar-refractivity contribution in [2.75, 3.05) is 31.2 Å². The fraction of sp³-hybridized carbons (Fsp3) is 0.385. The normalized spacial score (nSPS) is 15.6. The fourth-order valence-corrected chi connectivity index (χ4v) is 2.21. The van der Waals surface area contributed by atoms with Crippen LogP contribution in [0.4, 0.5) is 10.1 Å². The molecule has 2 heterocycles. The summed E-state index contributed by atoms with van der Waals surface area (Å²) in [7, 11) is 0. The van der Waals surface area contributed by atoms with Crippen LogP contribution >= 0.6 is 0 Å². The Morgan fingerprint density at radius 1 is 1.30 bits per heavy atom. The summed E-state index contributed by atoms with van der Waals surface area (Å²) >= 11 is 0. The van der Waals surface area contributed by atoms with Crippen LogP contribution in [0.1, 0.15) is 5.89 Å². The van der Waals surface area contributed by atoms with E-state index in [0.29, 0.717) is 38.0 Å². The maximum absolute atomic E-state index is 13.5. The van der Waals surface area contributed by atoms with Crippen molar-refractivity contribution in [3.8, 4) is 11.4 Å². The van der Waals surface area contributed by atoms with E-state index in [1.807, 2.05) is 0 Å². The van der Waals surface area contributed by atoms with Gasteiger partial charge in [0, 0.05) is 18.7 Å². The SMILES string of the molecule is NCc1nc(-c2ccc(F)cc2N2CCOCC2)no1. The molecule has 1 aromatic carbocycles. The molecule has 0 radical (unpaired) electrons. The van der Waals surface area contributed by atoms with E-state index in [4.69, 9.17) is 15.0 Å². The third kappa shape index (κ3) is 2.50. The second-order valence-corrected chi connectivity index (χ2v) is 4.48. The molecule has 6 nitrogen and oxygen atoms in total. The molecule has 1 fully saturated rings. The van der Waals surface area contributed by atoms with Crippen LogP contribution in [0.5, 0.6) is 0 Å². The van der Waals surface area contributed by atoms with Gasteiger partial charge in [0.2, 0.25) is 11.7 Å². The summed E-state index contributed by atoms with van der Waals surface area (Å²) in [6, 6.07) is 4.53. The van der Waals surface area contributed by atoms with Gasteiger partial charge in [-0.15, -0.1) is 0 Å². The van der Waals surface area contributed by atoms with E-state index in [9.17, 15) is 4.39 Å². The van der Waals surface area contributed by atoms with Crippen molar-refractivity contribution in [1.82, 2.24) is 10.1 Å². The maximum atomic E-state index is 13.5. The molecule has 1 aliphatic heterocycles. The molecule has 3 rings (SSSR count). The van der Waals surface area contributed by atoms with Gasteiger partial charge in [-0.1, -0.05) is 5.16 Å². The number of rotatable bonds is 3. The monoisotopic (exact) mass is 278 g/mol. The Hall–Kier alpha value is -1.99. The van der Waals surface area contributed by atoms with Crippen molar-refractivity contribution in [3.05, 3.63) is 29.9 Å². The van der Waals surface area contributed by atoms with Gasteiger partial charge in [-0.25, -0.2) is 4.39 Å². The lowest BCUT2D eigenvalue weighted by Crippen LogP contribution is -2.36. The van der Waals surface area contributed by atoms with E-state index in [-0.39, 0.29) is 12.4 Å². The van der Waals surface area contributed by atoms with Gasteiger partial charge in [-0.2, -0.15) is 4.98 Å². The topological polar surface area (TPSA) is 77.4 Å². The highest BCUT2D eigenvalue weighted by Crippen LogP contribution is 2.30. The molecule has 1 aliphatic rings. The number of ether oxygens (including phenoxy) is 1. The van der Waals surface area contributed by atoms with Crippen LogP contribution in [0, 0.1) is 5.82 Å². The smallest absolute Gasteiger partial charge is 0.240 e. The Labute approximate surface area is 115 Å². The van der Waals surface area contributed by atoms with Crippen molar-refractivity contribution < 1.29 is 13.7 Å². The van der Waals surface area contributed by atoms with Crippen LogP contribution in [0.2, 0.25) is 0 Å². The van der Waals surface area contributed by atoms with E-state index in [0.717, 1.165) is 11.3 Å². The highest BCUT2D eigenvalue weighted by atomic mass is 19.1.